The van der Waals surface area contributed by atoms with Gasteiger partial charge in [0.25, 0.3) is 0 Å². The zero-order chi connectivity index (χ0) is 12.8. The van der Waals surface area contributed by atoms with Crippen LogP contribution in [0.15, 0.2) is 0 Å². The van der Waals surface area contributed by atoms with Gasteiger partial charge in [-0.15, -0.1) is 0 Å². The number of hydrogen-bond acceptors (Lipinski definition) is 4. The Hall–Kier alpha value is -0.620. The van der Waals surface area contributed by atoms with E-state index in [0.717, 1.165) is 0 Å². The summed E-state index contributed by atoms with van der Waals surface area (Å²) in [6, 6.07) is -0.209. The van der Waals surface area contributed by atoms with Crippen LogP contribution < -0.4 is 10.6 Å². The molecule has 0 aliphatic heterocycles. The molecule has 0 aromatic carbocycles. The molecule has 1 atom stereocenters. The zero-order valence-electron chi connectivity index (χ0n) is 10.4. The van der Waals surface area contributed by atoms with Crippen LogP contribution >= 0.6 is 0 Å². The first-order chi connectivity index (χ1) is 7.20. The van der Waals surface area contributed by atoms with Gasteiger partial charge >= 0.3 is 0 Å². The molecule has 0 rings (SSSR count). The fourth-order valence-corrected chi connectivity index (χ4v) is 2.19. The van der Waals surface area contributed by atoms with E-state index >= 15 is 0 Å². The van der Waals surface area contributed by atoms with E-state index in [1.165, 1.54) is 6.26 Å². The molecule has 0 saturated heterocycles. The minimum atomic E-state index is -2.99. The van der Waals surface area contributed by atoms with Gasteiger partial charge in [-0.25, -0.2) is 8.42 Å². The molecule has 1 amide bonds. The van der Waals surface area contributed by atoms with Gasteiger partial charge in [-0.1, -0.05) is 13.8 Å². The van der Waals surface area contributed by atoms with Gasteiger partial charge in [-0.2, -0.15) is 0 Å². The van der Waals surface area contributed by atoms with Crippen LogP contribution in [-0.2, 0) is 14.6 Å². The van der Waals surface area contributed by atoms with Crippen LogP contribution in [-0.4, -0.2) is 45.5 Å². The predicted molar refractivity (Wildman–Crippen MR) is 65.0 cm³/mol. The Morgan fingerprint density at radius 1 is 1.25 bits per heavy atom. The topological polar surface area (TPSA) is 75.3 Å². The molecule has 5 nitrogen and oxygen atoms in total. The molecule has 0 saturated carbocycles. The molecule has 1 unspecified atom stereocenters. The molecule has 6 heteroatoms. The minimum absolute atomic E-state index is 0.0461. The summed E-state index contributed by atoms with van der Waals surface area (Å²) in [5.41, 5.74) is 0. The van der Waals surface area contributed by atoms with Gasteiger partial charge in [0.2, 0.25) is 5.91 Å². The van der Waals surface area contributed by atoms with E-state index in [4.69, 9.17) is 0 Å². The lowest BCUT2D eigenvalue weighted by Gasteiger charge is -2.13. The molecule has 96 valence electrons. The number of carbonyl (C=O) groups is 1. The summed E-state index contributed by atoms with van der Waals surface area (Å²) in [5, 5.41) is 5.62. The average molecular weight is 250 g/mol. The van der Waals surface area contributed by atoms with Crippen molar-refractivity contribution < 1.29 is 13.2 Å². The molecule has 16 heavy (non-hydrogen) atoms. The third kappa shape index (κ3) is 9.92. The van der Waals surface area contributed by atoms with E-state index in [2.05, 4.69) is 10.6 Å². The molecular weight excluding hydrogens is 228 g/mol. The average Bonchev–Trinajstić information content (AvgIpc) is 2.08. The highest BCUT2D eigenvalue weighted by Gasteiger charge is 2.11. The van der Waals surface area contributed by atoms with Crippen LogP contribution in [0.3, 0.4) is 0 Å². The van der Waals surface area contributed by atoms with E-state index < -0.39 is 9.84 Å². The van der Waals surface area contributed by atoms with Crippen molar-refractivity contribution >= 4 is 15.7 Å². The van der Waals surface area contributed by atoms with Crippen molar-refractivity contribution in [1.29, 1.82) is 0 Å². The first-order valence-corrected chi connectivity index (χ1v) is 7.44. The smallest absolute Gasteiger partial charge is 0.233 e. The SMILES string of the molecule is CC(C)CNC(=O)CNC(C)CS(C)(=O)=O. The second kappa shape index (κ2) is 6.85. The number of carbonyl (C=O) groups excluding carboxylic acids is 1. The normalized spacial score (nSPS) is 13.8. The van der Waals surface area contributed by atoms with E-state index in [1.54, 1.807) is 6.92 Å². The third-order valence-corrected chi connectivity index (χ3v) is 2.98. The molecular formula is C10H22N2O3S. The molecule has 0 spiro atoms. The van der Waals surface area contributed by atoms with Crippen molar-refractivity contribution in [3.63, 3.8) is 0 Å². The van der Waals surface area contributed by atoms with Crippen LogP contribution in [0.25, 0.3) is 0 Å². The number of rotatable bonds is 7. The van der Waals surface area contributed by atoms with Crippen LogP contribution in [0.2, 0.25) is 0 Å². The molecule has 2 N–H and O–H groups in total. The third-order valence-electron chi connectivity index (χ3n) is 1.87. The van der Waals surface area contributed by atoms with Gasteiger partial charge < -0.3 is 10.6 Å². The standard InChI is InChI=1S/C10H22N2O3S/c1-8(2)5-12-10(13)6-11-9(3)7-16(4,14)15/h8-9,11H,5-7H2,1-4H3,(H,12,13). The second-order valence-corrected chi connectivity index (χ2v) is 6.76. The maximum absolute atomic E-state index is 11.3. The molecule has 0 bridgehead atoms. The summed E-state index contributed by atoms with van der Waals surface area (Å²) < 4.78 is 21.9. The summed E-state index contributed by atoms with van der Waals surface area (Å²) in [6.07, 6.45) is 1.18. The van der Waals surface area contributed by atoms with E-state index in [0.29, 0.717) is 12.5 Å². The number of nitrogens with one attached hydrogen (secondary N) is 2. The lowest BCUT2D eigenvalue weighted by Crippen LogP contribution is -2.41. The Kier molecular flexibility index (Phi) is 6.59. The van der Waals surface area contributed by atoms with Crippen LogP contribution in [0.4, 0.5) is 0 Å². The largest absolute Gasteiger partial charge is 0.355 e. The van der Waals surface area contributed by atoms with Gasteiger partial charge in [0.1, 0.15) is 9.84 Å². The first kappa shape index (κ1) is 15.4. The predicted octanol–water partition coefficient (Wildman–Crippen LogP) is -0.219. The number of sulfone groups is 1. The summed E-state index contributed by atoms with van der Waals surface area (Å²) in [6.45, 7) is 6.57. The van der Waals surface area contributed by atoms with Gasteiger partial charge in [-0.3, -0.25) is 4.79 Å². The van der Waals surface area contributed by atoms with Crippen LogP contribution in [0, 0.1) is 5.92 Å². The Morgan fingerprint density at radius 2 is 1.81 bits per heavy atom. The van der Waals surface area contributed by atoms with Crippen molar-refractivity contribution in [3.05, 3.63) is 0 Å². The summed E-state index contributed by atoms with van der Waals surface area (Å²) >= 11 is 0. The minimum Gasteiger partial charge on any atom is -0.355 e. The Balaban J connectivity index is 3.75. The van der Waals surface area contributed by atoms with E-state index in [1.807, 2.05) is 13.8 Å². The number of amides is 1. The van der Waals surface area contributed by atoms with Gasteiger partial charge in [0.05, 0.1) is 12.3 Å². The summed E-state index contributed by atoms with van der Waals surface area (Å²) in [4.78, 5) is 11.3. The molecule has 0 fully saturated rings. The van der Waals surface area contributed by atoms with Crippen molar-refractivity contribution in [1.82, 2.24) is 10.6 Å². The Labute approximate surface area is 97.9 Å². The Morgan fingerprint density at radius 3 is 2.25 bits per heavy atom. The molecule has 0 aliphatic carbocycles. The van der Waals surface area contributed by atoms with E-state index in [-0.39, 0.29) is 24.2 Å². The van der Waals surface area contributed by atoms with Gasteiger partial charge in [-0.05, 0) is 12.8 Å². The van der Waals surface area contributed by atoms with Crippen LogP contribution in [0.5, 0.6) is 0 Å². The maximum atomic E-state index is 11.3. The maximum Gasteiger partial charge on any atom is 0.233 e. The van der Waals surface area contributed by atoms with Crippen molar-refractivity contribution in [2.45, 2.75) is 26.8 Å². The highest BCUT2D eigenvalue weighted by Crippen LogP contribution is 1.90. The van der Waals surface area contributed by atoms with E-state index in [9.17, 15) is 13.2 Å². The molecule has 0 heterocycles. The fraction of sp³-hybridized carbons (Fsp3) is 0.900. The zero-order valence-corrected chi connectivity index (χ0v) is 11.2. The van der Waals surface area contributed by atoms with Crippen molar-refractivity contribution in [3.8, 4) is 0 Å². The number of hydrogen-bond donors (Lipinski definition) is 2. The van der Waals surface area contributed by atoms with Gasteiger partial charge in [0.15, 0.2) is 0 Å². The summed E-state index contributed by atoms with van der Waals surface area (Å²) in [7, 11) is -2.99. The van der Waals surface area contributed by atoms with Crippen molar-refractivity contribution in [2.24, 2.45) is 5.92 Å². The molecule has 0 aromatic rings. The highest BCUT2D eigenvalue weighted by molar-refractivity contribution is 7.90. The summed E-state index contributed by atoms with van der Waals surface area (Å²) in [5.74, 6) is 0.358. The fourth-order valence-electron chi connectivity index (χ4n) is 1.16. The Bertz CT molecular complexity index is 312. The quantitative estimate of drug-likeness (QED) is 0.655. The van der Waals surface area contributed by atoms with Crippen LogP contribution in [0.1, 0.15) is 20.8 Å². The lowest BCUT2D eigenvalue weighted by molar-refractivity contribution is -0.120. The monoisotopic (exact) mass is 250 g/mol. The first-order valence-electron chi connectivity index (χ1n) is 5.38. The molecule has 0 aliphatic rings. The molecule has 0 aromatic heterocycles. The van der Waals surface area contributed by atoms with Gasteiger partial charge in [0, 0.05) is 18.8 Å². The highest BCUT2D eigenvalue weighted by atomic mass is 32.2. The lowest BCUT2D eigenvalue weighted by atomic mass is 10.2. The molecule has 0 radical (unpaired) electrons. The van der Waals surface area contributed by atoms with Crippen molar-refractivity contribution in [2.75, 3.05) is 25.1 Å². The second-order valence-electron chi connectivity index (χ2n) is 4.57.